The third-order valence-corrected chi connectivity index (χ3v) is 6.19. The minimum atomic E-state index is -3.67. The van der Waals surface area contributed by atoms with Gasteiger partial charge in [0.15, 0.2) is 0 Å². The van der Waals surface area contributed by atoms with Crippen LogP contribution in [0.25, 0.3) is 0 Å². The average Bonchev–Trinajstić information content (AvgIpc) is 3.02. The van der Waals surface area contributed by atoms with Gasteiger partial charge in [-0.3, -0.25) is 0 Å². The molecule has 26 heavy (non-hydrogen) atoms. The lowest BCUT2D eigenvalue weighted by atomic mass is 10.1. The smallest absolute Gasteiger partial charge is 0.410 e. The molecule has 0 unspecified atom stereocenters. The van der Waals surface area contributed by atoms with Gasteiger partial charge >= 0.3 is 6.09 Å². The molecule has 9 heteroatoms. The second kappa shape index (κ2) is 6.62. The summed E-state index contributed by atoms with van der Waals surface area (Å²) >= 11 is 0. The van der Waals surface area contributed by atoms with E-state index >= 15 is 0 Å². The summed E-state index contributed by atoms with van der Waals surface area (Å²) in [4.78, 5) is 13.8. The standard InChI is InChI=1S/C17H25N3O5S/c1-17(2,3)25-16(21)19-5-7-20(8-6-19)26(22,23)13-10-12-4-9-24-15(12)14(18)11-13/h10-11H,4-9,18H2,1-3H3. The first kappa shape index (κ1) is 18.8. The second-order valence-electron chi connectivity index (χ2n) is 7.47. The SMILES string of the molecule is CC(C)(C)OC(=O)N1CCN(S(=O)(=O)c2cc(N)c3c(c2)CCO3)CC1. The van der Waals surface area contributed by atoms with E-state index < -0.39 is 21.7 Å². The molecule has 0 aliphatic carbocycles. The summed E-state index contributed by atoms with van der Waals surface area (Å²) in [5, 5.41) is 0. The van der Waals surface area contributed by atoms with Gasteiger partial charge in [0.2, 0.25) is 10.0 Å². The number of nitrogen functional groups attached to an aromatic ring is 1. The summed E-state index contributed by atoms with van der Waals surface area (Å²) in [5.41, 5.74) is 6.52. The van der Waals surface area contributed by atoms with Gasteiger partial charge in [-0.25, -0.2) is 13.2 Å². The Labute approximate surface area is 153 Å². The zero-order valence-corrected chi connectivity index (χ0v) is 16.1. The monoisotopic (exact) mass is 383 g/mol. The number of sulfonamides is 1. The van der Waals surface area contributed by atoms with E-state index in [4.69, 9.17) is 15.2 Å². The number of nitrogens with zero attached hydrogens (tertiary/aromatic N) is 2. The molecule has 1 fully saturated rings. The molecular weight excluding hydrogens is 358 g/mol. The Bertz CT molecular complexity index is 808. The number of nitrogens with two attached hydrogens (primary N) is 1. The number of carbonyl (C=O) groups is 1. The molecule has 1 saturated heterocycles. The minimum Gasteiger partial charge on any atom is -0.491 e. The fourth-order valence-electron chi connectivity index (χ4n) is 3.04. The van der Waals surface area contributed by atoms with Crippen LogP contribution >= 0.6 is 0 Å². The van der Waals surface area contributed by atoms with Crippen LogP contribution in [-0.2, 0) is 21.2 Å². The number of fused-ring (bicyclic) bond motifs is 1. The number of hydrogen-bond acceptors (Lipinski definition) is 6. The largest absolute Gasteiger partial charge is 0.491 e. The Morgan fingerprint density at radius 1 is 1.19 bits per heavy atom. The molecule has 0 spiro atoms. The highest BCUT2D eigenvalue weighted by Crippen LogP contribution is 2.35. The minimum absolute atomic E-state index is 0.171. The molecule has 1 amide bonds. The predicted molar refractivity (Wildman–Crippen MR) is 96.6 cm³/mol. The molecule has 0 radical (unpaired) electrons. The lowest BCUT2D eigenvalue weighted by Crippen LogP contribution is -2.51. The zero-order chi connectivity index (χ0) is 19.1. The van der Waals surface area contributed by atoms with Crippen molar-refractivity contribution in [2.24, 2.45) is 0 Å². The molecule has 2 N–H and O–H groups in total. The molecule has 2 heterocycles. The molecule has 1 aromatic rings. The van der Waals surface area contributed by atoms with Crippen LogP contribution < -0.4 is 10.5 Å². The molecule has 0 atom stereocenters. The van der Waals surface area contributed by atoms with Gasteiger partial charge in [0.1, 0.15) is 11.4 Å². The average molecular weight is 383 g/mol. The lowest BCUT2D eigenvalue weighted by Gasteiger charge is -2.35. The number of amides is 1. The number of anilines is 1. The summed E-state index contributed by atoms with van der Waals surface area (Å²) in [5.74, 6) is 0.582. The highest BCUT2D eigenvalue weighted by atomic mass is 32.2. The lowest BCUT2D eigenvalue weighted by molar-refractivity contribution is 0.0192. The van der Waals surface area contributed by atoms with Crippen molar-refractivity contribution in [2.45, 2.75) is 37.7 Å². The van der Waals surface area contributed by atoms with Crippen LogP contribution in [0.2, 0.25) is 0 Å². The van der Waals surface area contributed by atoms with Crippen molar-refractivity contribution in [3.05, 3.63) is 17.7 Å². The first-order valence-electron chi connectivity index (χ1n) is 8.61. The summed E-state index contributed by atoms with van der Waals surface area (Å²) in [6, 6.07) is 3.08. The van der Waals surface area contributed by atoms with Crippen LogP contribution in [0.4, 0.5) is 10.5 Å². The highest BCUT2D eigenvalue weighted by molar-refractivity contribution is 7.89. The Hall–Kier alpha value is -2.00. The molecule has 0 aromatic heterocycles. The fraction of sp³-hybridized carbons (Fsp3) is 0.588. The molecule has 144 valence electrons. The molecule has 0 saturated carbocycles. The van der Waals surface area contributed by atoms with Crippen molar-refractivity contribution in [1.29, 1.82) is 0 Å². The maximum Gasteiger partial charge on any atom is 0.410 e. The Morgan fingerprint density at radius 3 is 2.46 bits per heavy atom. The van der Waals surface area contributed by atoms with E-state index in [0.717, 1.165) is 5.56 Å². The van der Waals surface area contributed by atoms with Crippen molar-refractivity contribution in [2.75, 3.05) is 38.5 Å². The second-order valence-corrected chi connectivity index (χ2v) is 9.41. The number of rotatable bonds is 2. The molecule has 8 nitrogen and oxygen atoms in total. The van der Waals surface area contributed by atoms with Gasteiger partial charge in [-0.05, 0) is 32.9 Å². The maximum atomic E-state index is 12.9. The van der Waals surface area contributed by atoms with E-state index in [-0.39, 0.29) is 31.1 Å². The van der Waals surface area contributed by atoms with Crippen LogP contribution in [-0.4, -0.2) is 62.1 Å². The van der Waals surface area contributed by atoms with E-state index in [1.807, 2.05) is 0 Å². The third-order valence-electron chi connectivity index (χ3n) is 4.31. The Balaban J connectivity index is 1.71. The van der Waals surface area contributed by atoms with Gasteiger partial charge in [-0.15, -0.1) is 0 Å². The highest BCUT2D eigenvalue weighted by Gasteiger charge is 2.33. The van der Waals surface area contributed by atoms with Crippen molar-refractivity contribution >= 4 is 21.8 Å². The van der Waals surface area contributed by atoms with Crippen LogP contribution in [0.3, 0.4) is 0 Å². The van der Waals surface area contributed by atoms with Gasteiger partial charge in [-0.2, -0.15) is 4.31 Å². The summed E-state index contributed by atoms with van der Waals surface area (Å²) in [7, 11) is -3.67. The number of ether oxygens (including phenoxy) is 2. The van der Waals surface area contributed by atoms with E-state index in [1.165, 1.54) is 15.3 Å². The maximum absolute atomic E-state index is 12.9. The van der Waals surface area contributed by atoms with Crippen LogP contribution in [0.5, 0.6) is 5.75 Å². The van der Waals surface area contributed by atoms with E-state index in [9.17, 15) is 13.2 Å². The zero-order valence-electron chi connectivity index (χ0n) is 15.3. The molecule has 2 aliphatic rings. The fourth-order valence-corrected chi connectivity index (χ4v) is 4.55. The summed E-state index contributed by atoms with van der Waals surface area (Å²) in [6.07, 6.45) is 0.225. The van der Waals surface area contributed by atoms with Crippen LogP contribution in [0.15, 0.2) is 17.0 Å². The Kier molecular flexibility index (Phi) is 4.78. The van der Waals surface area contributed by atoms with Crippen molar-refractivity contribution in [1.82, 2.24) is 9.21 Å². The number of hydrogen-bond donors (Lipinski definition) is 1. The first-order valence-corrected chi connectivity index (χ1v) is 10.1. The van der Waals surface area contributed by atoms with E-state index in [1.54, 1.807) is 26.8 Å². The van der Waals surface area contributed by atoms with Crippen LogP contribution in [0, 0.1) is 0 Å². The van der Waals surface area contributed by atoms with Gasteiger partial charge in [0.25, 0.3) is 0 Å². The van der Waals surface area contributed by atoms with Crippen molar-refractivity contribution < 1.29 is 22.7 Å². The summed E-state index contributed by atoms with van der Waals surface area (Å²) in [6.45, 7) is 6.92. The van der Waals surface area contributed by atoms with Gasteiger partial charge in [-0.1, -0.05) is 0 Å². The molecule has 1 aromatic carbocycles. The van der Waals surface area contributed by atoms with Crippen molar-refractivity contribution in [3.63, 3.8) is 0 Å². The van der Waals surface area contributed by atoms with Crippen LogP contribution in [0.1, 0.15) is 26.3 Å². The van der Waals surface area contributed by atoms with Gasteiger partial charge in [0, 0.05) is 38.2 Å². The normalized spacial score (nSPS) is 18.3. The first-order chi connectivity index (χ1) is 12.1. The molecule has 0 bridgehead atoms. The predicted octanol–water partition coefficient (Wildman–Crippen LogP) is 1.45. The number of carbonyl (C=O) groups excluding carboxylic acids is 1. The molecule has 3 rings (SSSR count). The number of benzene rings is 1. The third kappa shape index (κ3) is 3.73. The van der Waals surface area contributed by atoms with Gasteiger partial charge in [0.05, 0.1) is 17.2 Å². The van der Waals surface area contributed by atoms with Gasteiger partial charge < -0.3 is 20.1 Å². The van der Waals surface area contributed by atoms with E-state index in [2.05, 4.69) is 0 Å². The quantitative estimate of drug-likeness (QED) is 0.776. The number of piperazine rings is 1. The van der Waals surface area contributed by atoms with E-state index in [0.29, 0.717) is 24.5 Å². The molecule has 2 aliphatic heterocycles. The molecular formula is C17H25N3O5S. The van der Waals surface area contributed by atoms with Crippen molar-refractivity contribution in [3.8, 4) is 5.75 Å². The summed E-state index contributed by atoms with van der Waals surface area (Å²) < 4.78 is 38.0. The Morgan fingerprint density at radius 2 is 1.85 bits per heavy atom. The topological polar surface area (TPSA) is 102 Å².